The average molecular weight is 303 g/mol. The van der Waals surface area contributed by atoms with Crippen molar-refractivity contribution in [1.82, 2.24) is 14.7 Å². The molecule has 0 aromatic carbocycles. The van der Waals surface area contributed by atoms with E-state index in [-0.39, 0.29) is 5.41 Å². The summed E-state index contributed by atoms with van der Waals surface area (Å²) in [6, 6.07) is 4.41. The van der Waals surface area contributed by atoms with Crippen LogP contribution in [0.25, 0.3) is 5.00 Å². The highest BCUT2D eigenvalue weighted by molar-refractivity contribution is 7.14. The van der Waals surface area contributed by atoms with E-state index in [0.29, 0.717) is 0 Å². The summed E-state index contributed by atoms with van der Waals surface area (Å²) in [7, 11) is 0. The first-order valence-corrected chi connectivity index (χ1v) is 8.71. The van der Waals surface area contributed by atoms with Gasteiger partial charge in [-0.15, -0.1) is 11.3 Å². The lowest BCUT2D eigenvalue weighted by atomic mass is 9.95. The lowest BCUT2D eigenvalue weighted by Gasteiger charge is -2.15. The van der Waals surface area contributed by atoms with E-state index in [2.05, 4.69) is 49.1 Å². The maximum Gasteiger partial charge on any atom is 0.117 e. The number of aromatic nitrogens is 2. The Hall–Kier alpha value is -1.13. The molecule has 1 aliphatic rings. The number of hydrogen-bond acceptors (Lipinski definition) is 3. The Morgan fingerprint density at radius 2 is 1.95 bits per heavy atom. The first-order valence-electron chi connectivity index (χ1n) is 7.89. The van der Waals surface area contributed by atoms with Gasteiger partial charge in [-0.05, 0) is 55.5 Å². The molecular weight excluding hydrogens is 278 g/mol. The first kappa shape index (κ1) is 14.8. The molecule has 0 aliphatic carbocycles. The number of thiophene rings is 1. The van der Waals surface area contributed by atoms with Gasteiger partial charge in [-0.25, -0.2) is 4.68 Å². The number of likely N-dealkylation sites (tertiary alicyclic amines) is 1. The van der Waals surface area contributed by atoms with Gasteiger partial charge in [0, 0.05) is 17.6 Å². The van der Waals surface area contributed by atoms with Gasteiger partial charge in [0.25, 0.3) is 0 Å². The quantitative estimate of drug-likeness (QED) is 0.855. The van der Waals surface area contributed by atoms with E-state index in [1.54, 1.807) is 0 Å². The van der Waals surface area contributed by atoms with Crippen LogP contribution in [0.1, 0.15) is 44.1 Å². The van der Waals surface area contributed by atoms with Gasteiger partial charge in [0.15, 0.2) is 0 Å². The monoisotopic (exact) mass is 303 g/mol. The fourth-order valence-corrected chi connectivity index (χ4v) is 3.75. The van der Waals surface area contributed by atoms with Gasteiger partial charge in [0.2, 0.25) is 0 Å². The van der Waals surface area contributed by atoms with Gasteiger partial charge < -0.3 is 4.90 Å². The molecule has 0 atom stereocenters. The smallest absolute Gasteiger partial charge is 0.117 e. The Bertz CT molecular complexity index is 585. The van der Waals surface area contributed by atoms with E-state index >= 15 is 0 Å². The zero-order valence-electron chi connectivity index (χ0n) is 13.3. The molecule has 3 rings (SSSR count). The second kappa shape index (κ2) is 5.93. The van der Waals surface area contributed by atoms with Crippen molar-refractivity contribution in [2.75, 3.05) is 19.6 Å². The molecule has 21 heavy (non-hydrogen) atoms. The van der Waals surface area contributed by atoms with E-state index < -0.39 is 0 Å². The van der Waals surface area contributed by atoms with Crippen LogP contribution in [0.15, 0.2) is 24.5 Å². The molecule has 2 aromatic heterocycles. The highest BCUT2D eigenvalue weighted by atomic mass is 32.1. The van der Waals surface area contributed by atoms with Crippen LogP contribution in [0.3, 0.4) is 0 Å². The molecule has 0 N–H and O–H groups in total. The van der Waals surface area contributed by atoms with Crippen LogP contribution < -0.4 is 0 Å². The van der Waals surface area contributed by atoms with Gasteiger partial charge in [-0.3, -0.25) is 0 Å². The summed E-state index contributed by atoms with van der Waals surface area (Å²) >= 11 is 1.84. The third-order valence-electron chi connectivity index (χ3n) is 4.11. The van der Waals surface area contributed by atoms with Crippen LogP contribution in [0.4, 0.5) is 0 Å². The van der Waals surface area contributed by atoms with Gasteiger partial charge in [0.05, 0.1) is 6.20 Å². The molecule has 0 spiro atoms. The van der Waals surface area contributed by atoms with Gasteiger partial charge >= 0.3 is 0 Å². The predicted molar refractivity (Wildman–Crippen MR) is 89.5 cm³/mol. The zero-order valence-corrected chi connectivity index (χ0v) is 14.1. The van der Waals surface area contributed by atoms with E-state index in [1.165, 1.54) is 47.9 Å². The van der Waals surface area contributed by atoms with Crippen LogP contribution in [0.5, 0.6) is 0 Å². The first-order chi connectivity index (χ1) is 10.0. The molecule has 4 heteroatoms. The Kier molecular flexibility index (Phi) is 4.18. The maximum absolute atomic E-state index is 4.54. The highest BCUT2D eigenvalue weighted by Crippen LogP contribution is 2.31. The largest absolute Gasteiger partial charge is 0.303 e. The Labute approximate surface area is 131 Å². The molecule has 0 bridgehead atoms. The maximum atomic E-state index is 4.54. The molecule has 1 aliphatic heterocycles. The minimum absolute atomic E-state index is 0.217. The molecule has 3 heterocycles. The van der Waals surface area contributed by atoms with Crippen molar-refractivity contribution in [3.05, 3.63) is 35.0 Å². The summed E-state index contributed by atoms with van der Waals surface area (Å²) < 4.78 is 2.03. The minimum Gasteiger partial charge on any atom is -0.303 e. The van der Waals surface area contributed by atoms with E-state index in [4.69, 9.17) is 0 Å². The number of rotatable bonds is 4. The summed E-state index contributed by atoms with van der Waals surface area (Å²) in [5.74, 6) is 0. The molecule has 0 amide bonds. The van der Waals surface area contributed by atoms with Crippen molar-refractivity contribution < 1.29 is 0 Å². The third kappa shape index (κ3) is 3.55. The van der Waals surface area contributed by atoms with Crippen LogP contribution >= 0.6 is 11.3 Å². The molecule has 2 aromatic rings. The number of nitrogens with zero attached hydrogens (tertiary/aromatic N) is 3. The Morgan fingerprint density at radius 3 is 2.62 bits per heavy atom. The van der Waals surface area contributed by atoms with Crippen LogP contribution in [0, 0.1) is 0 Å². The van der Waals surface area contributed by atoms with Crippen molar-refractivity contribution in [2.45, 2.75) is 45.4 Å². The van der Waals surface area contributed by atoms with E-state index in [0.717, 1.165) is 6.42 Å². The summed E-state index contributed by atoms with van der Waals surface area (Å²) in [6.45, 7) is 10.5. The van der Waals surface area contributed by atoms with Crippen LogP contribution in [-0.4, -0.2) is 34.3 Å². The van der Waals surface area contributed by atoms with Crippen molar-refractivity contribution in [3.63, 3.8) is 0 Å². The second-order valence-corrected chi connectivity index (χ2v) is 8.04. The second-order valence-electron chi connectivity index (χ2n) is 6.98. The standard InChI is InChI=1S/C17H25N3S/c1-17(2,3)15-6-7-16(21-15)20-13-14(12-18-20)8-11-19-9-4-5-10-19/h6-7,12-13H,4-5,8-11H2,1-3H3. The highest BCUT2D eigenvalue weighted by Gasteiger charge is 2.17. The predicted octanol–water partition coefficient (Wildman–Crippen LogP) is 3.87. The molecule has 0 saturated carbocycles. The topological polar surface area (TPSA) is 21.1 Å². The fourth-order valence-electron chi connectivity index (χ4n) is 2.76. The van der Waals surface area contributed by atoms with Crippen molar-refractivity contribution in [2.24, 2.45) is 0 Å². The van der Waals surface area contributed by atoms with Crippen LogP contribution in [0.2, 0.25) is 0 Å². The molecule has 1 fully saturated rings. The Balaban J connectivity index is 1.65. The van der Waals surface area contributed by atoms with Gasteiger partial charge in [-0.2, -0.15) is 5.10 Å². The van der Waals surface area contributed by atoms with Gasteiger partial charge in [0.1, 0.15) is 5.00 Å². The van der Waals surface area contributed by atoms with Crippen molar-refractivity contribution in [3.8, 4) is 5.00 Å². The SMILES string of the molecule is CC(C)(C)c1ccc(-n2cc(CCN3CCCC3)cn2)s1. The lowest BCUT2D eigenvalue weighted by molar-refractivity contribution is 0.343. The molecule has 1 saturated heterocycles. The van der Waals surface area contributed by atoms with E-state index in [1.807, 2.05) is 22.2 Å². The molecule has 114 valence electrons. The average Bonchev–Trinajstić information content (AvgIpc) is 3.16. The molecule has 0 unspecified atom stereocenters. The zero-order chi connectivity index (χ0) is 14.9. The van der Waals surface area contributed by atoms with Gasteiger partial charge in [-0.1, -0.05) is 20.8 Å². The third-order valence-corrected chi connectivity index (χ3v) is 5.61. The summed E-state index contributed by atoms with van der Waals surface area (Å²) in [6.07, 6.45) is 8.05. The molecule has 0 radical (unpaired) electrons. The lowest BCUT2D eigenvalue weighted by Crippen LogP contribution is -2.21. The van der Waals surface area contributed by atoms with Crippen molar-refractivity contribution in [1.29, 1.82) is 0 Å². The summed E-state index contributed by atoms with van der Waals surface area (Å²) in [5.41, 5.74) is 1.56. The molecular formula is C17H25N3S. The Morgan fingerprint density at radius 1 is 1.19 bits per heavy atom. The summed E-state index contributed by atoms with van der Waals surface area (Å²) in [4.78, 5) is 3.96. The normalized spacial score (nSPS) is 16.7. The molecule has 3 nitrogen and oxygen atoms in total. The number of hydrogen-bond donors (Lipinski definition) is 0. The van der Waals surface area contributed by atoms with E-state index in [9.17, 15) is 0 Å². The van der Waals surface area contributed by atoms with Crippen LogP contribution in [-0.2, 0) is 11.8 Å². The van der Waals surface area contributed by atoms with Crippen molar-refractivity contribution >= 4 is 11.3 Å². The summed E-state index contributed by atoms with van der Waals surface area (Å²) in [5, 5.41) is 5.75. The fraction of sp³-hybridized carbons (Fsp3) is 0.588. The minimum atomic E-state index is 0.217.